The molecule has 0 bridgehead atoms. The summed E-state index contributed by atoms with van der Waals surface area (Å²) in [7, 11) is 0. The van der Waals surface area contributed by atoms with Crippen LogP contribution in [0.1, 0.15) is 20.8 Å². The van der Waals surface area contributed by atoms with Gasteiger partial charge in [-0.05, 0) is 5.92 Å². The number of carboxylic acid groups (broad SMARTS) is 1. The predicted octanol–water partition coefficient (Wildman–Crippen LogP) is 0.932. The molecule has 3 nitrogen and oxygen atoms in total. The van der Waals surface area contributed by atoms with Crippen molar-refractivity contribution in [2.75, 3.05) is 0 Å². The summed E-state index contributed by atoms with van der Waals surface area (Å²) in [5, 5.41) is 8.25. The zero-order chi connectivity index (χ0) is 8.31. The van der Waals surface area contributed by atoms with Gasteiger partial charge < -0.3 is 5.11 Å². The summed E-state index contributed by atoms with van der Waals surface area (Å²) in [5.41, 5.74) is 0. The molecule has 0 aliphatic rings. The maximum absolute atomic E-state index is 10.7. The molecule has 1 N–H and O–H groups in total. The van der Waals surface area contributed by atoms with Crippen molar-refractivity contribution in [2.24, 2.45) is 11.8 Å². The van der Waals surface area contributed by atoms with Gasteiger partial charge in [-0.1, -0.05) is 20.8 Å². The van der Waals surface area contributed by atoms with E-state index in [2.05, 4.69) is 0 Å². The number of rotatable bonds is 3. The van der Waals surface area contributed by atoms with Crippen molar-refractivity contribution in [1.82, 2.24) is 0 Å². The fraction of sp³-hybridized carbons (Fsp3) is 0.714. The van der Waals surface area contributed by atoms with Gasteiger partial charge in [0.1, 0.15) is 0 Å². The van der Waals surface area contributed by atoms with Gasteiger partial charge in [0.05, 0.1) is 0 Å². The minimum Gasteiger partial charge on any atom is -0.475 e. The van der Waals surface area contributed by atoms with E-state index in [1.54, 1.807) is 6.92 Å². The van der Waals surface area contributed by atoms with Gasteiger partial charge in [0.15, 0.2) is 0 Å². The molecule has 0 aromatic heterocycles. The van der Waals surface area contributed by atoms with E-state index < -0.39 is 11.8 Å². The molecule has 0 aliphatic carbocycles. The monoisotopic (exact) mass is 144 g/mol. The summed E-state index contributed by atoms with van der Waals surface area (Å²) < 4.78 is 0. The van der Waals surface area contributed by atoms with Crippen LogP contribution in [0.15, 0.2) is 0 Å². The minimum absolute atomic E-state index is 0.101. The van der Waals surface area contributed by atoms with Crippen LogP contribution in [0.4, 0.5) is 0 Å². The van der Waals surface area contributed by atoms with Gasteiger partial charge >= 0.3 is 5.97 Å². The molecule has 0 spiro atoms. The lowest BCUT2D eigenvalue weighted by molar-refractivity contribution is -0.151. The first-order valence-electron chi connectivity index (χ1n) is 3.24. The zero-order valence-electron chi connectivity index (χ0n) is 6.42. The van der Waals surface area contributed by atoms with Crippen molar-refractivity contribution < 1.29 is 14.7 Å². The Kier molecular flexibility index (Phi) is 3.06. The highest BCUT2D eigenvalue weighted by Crippen LogP contribution is 2.10. The van der Waals surface area contributed by atoms with Gasteiger partial charge in [-0.3, -0.25) is 4.79 Å². The molecule has 0 aromatic carbocycles. The normalized spacial score (nSPS) is 13.2. The lowest BCUT2D eigenvalue weighted by Crippen LogP contribution is -2.24. The third-order valence-electron chi connectivity index (χ3n) is 1.62. The number of carboxylic acids is 1. The zero-order valence-corrected chi connectivity index (χ0v) is 6.42. The Hall–Kier alpha value is -0.860. The lowest BCUT2D eigenvalue weighted by Gasteiger charge is -2.09. The van der Waals surface area contributed by atoms with E-state index in [1.807, 2.05) is 13.8 Å². The molecule has 10 heavy (non-hydrogen) atoms. The summed E-state index contributed by atoms with van der Waals surface area (Å²) in [6.07, 6.45) is 0. The van der Waals surface area contributed by atoms with Crippen LogP contribution in [0.2, 0.25) is 0 Å². The summed E-state index contributed by atoms with van der Waals surface area (Å²) in [5.74, 6) is -2.31. The standard InChI is InChI=1S/C7H12O3/c1-4(2)5(3)6(8)7(9)10/h4-5H,1-3H3,(H,9,10). The van der Waals surface area contributed by atoms with Crippen molar-refractivity contribution in [3.63, 3.8) is 0 Å². The first-order chi connectivity index (χ1) is 4.46. The van der Waals surface area contributed by atoms with E-state index in [0.29, 0.717) is 0 Å². The molecular formula is C7H12O3. The molecule has 0 radical (unpaired) electrons. The molecule has 1 unspecified atom stereocenters. The van der Waals surface area contributed by atoms with Crippen molar-refractivity contribution in [2.45, 2.75) is 20.8 Å². The molecular weight excluding hydrogens is 132 g/mol. The second-order valence-electron chi connectivity index (χ2n) is 2.70. The molecule has 0 saturated carbocycles. The van der Waals surface area contributed by atoms with E-state index >= 15 is 0 Å². The van der Waals surface area contributed by atoms with E-state index in [1.165, 1.54) is 0 Å². The van der Waals surface area contributed by atoms with Gasteiger partial charge in [-0.25, -0.2) is 4.79 Å². The first kappa shape index (κ1) is 9.14. The molecule has 0 aliphatic heterocycles. The Balaban J connectivity index is 4.08. The van der Waals surface area contributed by atoms with E-state index in [-0.39, 0.29) is 11.8 Å². The second-order valence-corrected chi connectivity index (χ2v) is 2.70. The molecule has 0 heterocycles. The predicted molar refractivity (Wildman–Crippen MR) is 36.6 cm³/mol. The maximum atomic E-state index is 10.7. The lowest BCUT2D eigenvalue weighted by atomic mass is 9.94. The van der Waals surface area contributed by atoms with Crippen molar-refractivity contribution in [1.29, 1.82) is 0 Å². The SMILES string of the molecule is CC(C)C(C)C(=O)C(=O)O. The van der Waals surface area contributed by atoms with Crippen LogP contribution in [0.5, 0.6) is 0 Å². The highest BCUT2D eigenvalue weighted by Gasteiger charge is 2.22. The van der Waals surface area contributed by atoms with Crippen molar-refractivity contribution >= 4 is 11.8 Å². The Bertz CT molecular complexity index is 149. The van der Waals surface area contributed by atoms with Gasteiger partial charge in [0, 0.05) is 5.92 Å². The second kappa shape index (κ2) is 3.34. The number of carbonyl (C=O) groups excluding carboxylic acids is 1. The van der Waals surface area contributed by atoms with E-state index in [9.17, 15) is 9.59 Å². The van der Waals surface area contributed by atoms with Gasteiger partial charge in [-0.15, -0.1) is 0 Å². The summed E-state index contributed by atoms with van der Waals surface area (Å²) in [6.45, 7) is 5.28. The smallest absolute Gasteiger partial charge is 0.372 e. The fourth-order valence-electron chi connectivity index (χ4n) is 0.498. The molecule has 0 fully saturated rings. The van der Waals surface area contributed by atoms with Crippen LogP contribution in [-0.2, 0) is 9.59 Å². The summed E-state index contributed by atoms with van der Waals surface area (Å²) in [6, 6.07) is 0. The molecule has 1 atom stereocenters. The van der Waals surface area contributed by atoms with Crippen LogP contribution in [0, 0.1) is 11.8 Å². The molecule has 3 heteroatoms. The first-order valence-corrected chi connectivity index (χ1v) is 3.24. The molecule has 0 rings (SSSR count). The molecule has 58 valence electrons. The number of hydrogen-bond donors (Lipinski definition) is 1. The number of carbonyl (C=O) groups is 2. The molecule has 0 aromatic rings. The highest BCUT2D eigenvalue weighted by atomic mass is 16.4. The maximum Gasteiger partial charge on any atom is 0.372 e. The molecule has 0 amide bonds. The van der Waals surface area contributed by atoms with Crippen LogP contribution >= 0.6 is 0 Å². The third-order valence-corrected chi connectivity index (χ3v) is 1.62. The largest absolute Gasteiger partial charge is 0.475 e. The number of ketones is 1. The van der Waals surface area contributed by atoms with Crippen LogP contribution in [0.3, 0.4) is 0 Å². The fourth-order valence-corrected chi connectivity index (χ4v) is 0.498. The quantitative estimate of drug-likeness (QED) is 0.599. The van der Waals surface area contributed by atoms with E-state index in [4.69, 9.17) is 5.11 Å². The summed E-state index contributed by atoms with van der Waals surface area (Å²) >= 11 is 0. The Labute approximate surface area is 60.0 Å². The third kappa shape index (κ3) is 2.17. The number of hydrogen-bond acceptors (Lipinski definition) is 2. The van der Waals surface area contributed by atoms with Crippen molar-refractivity contribution in [3.8, 4) is 0 Å². The van der Waals surface area contributed by atoms with Gasteiger partial charge in [0.25, 0.3) is 0 Å². The van der Waals surface area contributed by atoms with Crippen LogP contribution in [0.25, 0.3) is 0 Å². The summed E-state index contributed by atoms with van der Waals surface area (Å²) in [4.78, 5) is 20.8. The highest BCUT2D eigenvalue weighted by molar-refractivity contribution is 6.33. The van der Waals surface area contributed by atoms with Crippen molar-refractivity contribution in [3.05, 3.63) is 0 Å². The number of Topliss-reactive ketones (excluding diaryl/α,β-unsaturated/α-hetero) is 1. The average molecular weight is 144 g/mol. The Morgan fingerprint density at radius 3 is 1.70 bits per heavy atom. The Morgan fingerprint density at radius 2 is 1.60 bits per heavy atom. The van der Waals surface area contributed by atoms with Crippen LogP contribution in [-0.4, -0.2) is 16.9 Å². The number of aliphatic carboxylic acids is 1. The average Bonchev–Trinajstić information content (AvgIpc) is 1.84. The minimum atomic E-state index is -1.33. The van der Waals surface area contributed by atoms with Crippen LogP contribution < -0.4 is 0 Å². The van der Waals surface area contributed by atoms with Gasteiger partial charge in [-0.2, -0.15) is 0 Å². The van der Waals surface area contributed by atoms with Gasteiger partial charge in [0.2, 0.25) is 5.78 Å². The Morgan fingerprint density at radius 1 is 1.20 bits per heavy atom. The molecule has 0 saturated heterocycles. The topological polar surface area (TPSA) is 54.4 Å². The van der Waals surface area contributed by atoms with E-state index in [0.717, 1.165) is 0 Å².